The Labute approximate surface area is 101 Å². The molecule has 0 atom stereocenters. The average Bonchev–Trinajstić information content (AvgIpc) is 1.94. The first-order valence-corrected chi connectivity index (χ1v) is 1.27. The standard InChI is InChI=1S/C2O2.CO2.CO.6CH4.H2O.H2/c3-1-2-4;2-1-3;1-2;;;;;;;;/h;;;6*1H4;1H2;1H. The second-order valence-electron chi connectivity index (χ2n) is 0.287. The smallest absolute Gasteiger partial charge is 0 e. The summed E-state index contributed by atoms with van der Waals surface area (Å²) in [5.74, 6) is 1.75. The second-order valence-corrected chi connectivity index (χ2v) is 0.287. The van der Waals surface area contributed by atoms with E-state index in [1.165, 1.54) is 0 Å². The summed E-state index contributed by atoms with van der Waals surface area (Å²) in [6.07, 6.45) is 0.250. The van der Waals surface area contributed by atoms with Crippen molar-refractivity contribution in [2.75, 3.05) is 0 Å². The fourth-order valence-corrected chi connectivity index (χ4v) is 0. The minimum Gasteiger partial charge on any atom is 0 e. The minimum atomic E-state index is 0. The summed E-state index contributed by atoms with van der Waals surface area (Å²) in [4.78, 5) is 33.5. The van der Waals surface area contributed by atoms with Crippen molar-refractivity contribution in [3.05, 3.63) is 6.65 Å². The maximum atomic E-state index is 8.62. The zero-order valence-corrected chi connectivity index (χ0v) is 4.54. The molecule has 104 valence electrons. The zero-order chi connectivity index (χ0) is 8.12. The van der Waals surface area contributed by atoms with Crippen molar-refractivity contribution in [1.29, 1.82) is 0 Å². The molecule has 6 nitrogen and oxygen atoms in total. The van der Waals surface area contributed by atoms with Crippen LogP contribution in [0.3, 0.4) is 0 Å². The molecule has 0 unspecified atom stereocenters. The van der Waals surface area contributed by atoms with E-state index in [0.717, 1.165) is 11.9 Å². The molecule has 0 radical (unpaired) electrons. The van der Waals surface area contributed by atoms with Gasteiger partial charge in [0.25, 0.3) is 0 Å². The Morgan fingerprint density at radius 3 is 0.750 bits per heavy atom. The Bertz CT molecular complexity index is 153. The Hall–Kier alpha value is -1.76. The molecule has 0 aromatic carbocycles. The van der Waals surface area contributed by atoms with Crippen molar-refractivity contribution in [2.24, 2.45) is 0 Å². The van der Waals surface area contributed by atoms with Crippen LogP contribution in [0.25, 0.3) is 0 Å². The van der Waals surface area contributed by atoms with Crippen LogP contribution in [-0.2, 0) is 23.8 Å². The van der Waals surface area contributed by atoms with Crippen molar-refractivity contribution < 1.29 is 30.7 Å². The van der Waals surface area contributed by atoms with Crippen molar-refractivity contribution in [2.45, 2.75) is 44.6 Å². The first-order chi connectivity index (χ1) is 4.33. The molecule has 0 aliphatic carbocycles. The Morgan fingerprint density at radius 1 is 0.688 bits per heavy atom. The van der Waals surface area contributed by atoms with Crippen LogP contribution in [0.5, 0.6) is 0 Å². The molecule has 0 spiro atoms. The van der Waals surface area contributed by atoms with Crippen molar-refractivity contribution in [3.8, 4) is 0 Å². The predicted octanol–water partition coefficient (Wildman–Crippen LogP) is 1.82. The van der Waals surface area contributed by atoms with Gasteiger partial charge in [-0.3, -0.25) is 0 Å². The van der Waals surface area contributed by atoms with E-state index in [1.54, 1.807) is 0 Å². The van der Waals surface area contributed by atoms with E-state index in [4.69, 9.17) is 23.8 Å². The van der Waals surface area contributed by atoms with Crippen molar-refractivity contribution >= 4 is 18.0 Å². The Kier molecular flexibility index (Phi) is 11200. The van der Waals surface area contributed by atoms with Gasteiger partial charge in [0.2, 0.25) is 11.9 Å². The molecule has 0 aromatic heterocycles. The first kappa shape index (κ1) is 139. The van der Waals surface area contributed by atoms with Crippen molar-refractivity contribution in [3.63, 3.8) is 0 Å². The monoisotopic (exact) mass is 244 g/mol. The second kappa shape index (κ2) is 1290. The van der Waals surface area contributed by atoms with E-state index in [-0.39, 0.29) is 57.6 Å². The number of rotatable bonds is 0. The van der Waals surface area contributed by atoms with Gasteiger partial charge >= 0.3 is 17.5 Å². The van der Waals surface area contributed by atoms with Crippen LogP contribution in [-0.4, -0.2) is 23.5 Å². The van der Waals surface area contributed by atoms with Gasteiger partial charge < -0.3 is 5.48 Å². The third-order valence-corrected chi connectivity index (χ3v) is 0.0417. The molecule has 0 amide bonds. The predicted molar refractivity (Wildman–Crippen MR) is 66.4 cm³/mol. The molecule has 0 aromatic rings. The molecule has 0 rings (SSSR count). The molecule has 2 N–H and O–H groups in total. The van der Waals surface area contributed by atoms with Crippen LogP contribution in [0.4, 0.5) is 0 Å². The number of carbonyl (C=O) groups excluding carboxylic acids is 4. The quantitative estimate of drug-likeness (QED) is 0.366. The maximum Gasteiger partial charge on any atom is 0 e. The zero-order valence-electron chi connectivity index (χ0n) is 4.54. The number of hydrogen-bond acceptors (Lipinski definition) is 4. The van der Waals surface area contributed by atoms with Gasteiger partial charge in [-0.2, -0.15) is 9.59 Å². The molecular weight excluding hydrogens is 216 g/mol. The van der Waals surface area contributed by atoms with Gasteiger partial charge in [-0.05, 0) is 0 Å². The van der Waals surface area contributed by atoms with E-state index in [2.05, 4.69) is 6.65 Å². The van der Waals surface area contributed by atoms with Gasteiger partial charge in [0.15, 0.2) is 0 Å². The summed E-state index contributed by atoms with van der Waals surface area (Å²) >= 11 is 0. The summed E-state index contributed by atoms with van der Waals surface area (Å²) in [6, 6.07) is 0. The van der Waals surface area contributed by atoms with Crippen molar-refractivity contribution in [1.82, 2.24) is 0 Å². The van der Waals surface area contributed by atoms with Gasteiger partial charge in [0, 0.05) is 1.43 Å². The average molecular weight is 244 g/mol. The van der Waals surface area contributed by atoms with Gasteiger partial charge in [-0.25, -0.2) is 9.59 Å². The van der Waals surface area contributed by atoms with Gasteiger partial charge in [-0.1, -0.05) is 44.6 Å². The summed E-state index contributed by atoms with van der Waals surface area (Å²) in [7, 11) is 0. The van der Waals surface area contributed by atoms with Crippen LogP contribution >= 0.6 is 0 Å². The first-order valence-electron chi connectivity index (χ1n) is 1.27. The van der Waals surface area contributed by atoms with Gasteiger partial charge in [0.05, 0.1) is 0 Å². The molecule has 0 bridgehead atoms. The van der Waals surface area contributed by atoms with E-state index in [0.29, 0.717) is 0 Å². The minimum absolute atomic E-state index is 0. The summed E-state index contributed by atoms with van der Waals surface area (Å²) in [5, 5.41) is 0. The largest absolute Gasteiger partial charge is 0 e. The fraction of sp³-hybridized carbons (Fsp3) is 0.600. The third-order valence-electron chi connectivity index (χ3n) is 0.0417. The van der Waals surface area contributed by atoms with Crippen LogP contribution in [0.1, 0.15) is 46.0 Å². The topological polar surface area (TPSA) is 120 Å². The molecule has 0 heterocycles. The molecule has 0 fully saturated rings. The maximum absolute atomic E-state index is 8.62. The van der Waals surface area contributed by atoms with Crippen LogP contribution in [0.2, 0.25) is 0 Å². The normalized spacial score (nSPS) is 1.38. The van der Waals surface area contributed by atoms with E-state index in [1.807, 2.05) is 0 Å². The van der Waals surface area contributed by atoms with Crippen LogP contribution < -0.4 is 0 Å². The summed E-state index contributed by atoms with van der Waals surface area (Å²) < 4.78 is 7.50. The molecule has 0 saturated carbocycles. The van der Waals surface area contributed by atoms with Crippen LogP contribution in [0.15, 0.2) is 0 Å². The molecule has 0 aliphatic rings. The molecule has 0 saturated heterocycles. The number of hydrogen-bond donors (Lipinski definition) is 0. The van der Waals surface area contributed by atoms with E-state index in [9.17, 15) is 0 Å². The molecular formula is C10H28O6. The summed E-state index contributed by atoms with van der Waals surface area (Å²) in [5.41, 5.74) is 0. The van der Waals surface area contributed by atoms with Gasteiger partial charge in [-0.15, -0.1) is 0 Å². The van der Waals surface area contributed by atoms with E-state index < -0.39 is 0 Å². The summed E-state index contributed by atoms with van der Waals surface area (Å²) in [6.45, 7) is 4.50. The SMILES string of the molecule is C.C.C.C.C.C.O.O=C=C=O.O=C=O.[C-]#[O+].[HH]. The van der Waals surface area contributed by atoms with Crippen LogP contribution in [0, 0.1) is 6.65 Å². The fourth-order valence-electron chi connectivity index (χ4n) is 0. The molecule has 0 aliphatic heterocycles. The molecule has 16 heavy (non-hydrogen) atoms. The Balaban J connectivity index is -0.00000000294. The molecule has 6 heteroatoms. The van der Waals surface area contributed by atoms with E-state index >= 15 is 0 Å². The Morgan fingerprint density at radius 2 is 0.750 bits per heavy atom. The van der Waals surface area contributed by atoms with Gasteiger partial charge in [0.1, 0.15) is 0 Å². The third kappa shape index (κ3) is 2680.